The number of carbonyl (C=O) groups excluding carboxylic acids is 1. The van der Waals surface area contributed by atoms with Crippen LogP contribution in [0.3, 0.4) is 0 Å². The molecule has 0 aromatic heterocycles. The molecule has 1 fully saturated rings. The van der Waals surface area contributed by atoms with Gasteiger partial charge in [0.05, 0.1) is 12.7 Å². The Morgan fingerprint density at radius 1 is 1.35 bits per heavy atom. The molecular weight excluding hydrogens is 386 g/mol. The number of amides is 1. The van der Waals surface area contributed by atoms with Gasteiger partial charge in [-0.1, -0.05) is 15.9 Å². The summed E-state index contributed by atoms with van der Waals surface area (Å²) in [5, 5.41) is 3.04. The molecule has 0 aliphatic heterocycles. The zero-order chi connectivity index (χ0) is 14.5. The number of carbonyl (C=O) groups is 1. The minimum atomic E-state index is -0.0447. The number of benzene rings is 1. The lowest BCUT2D eigenvalue weighted by Crippen LogP contribution is -2.31. The average molecular weight is 405 g/mol. The fraction of sp³-hybridized carbons (Fsp3) is 0.533. The van der Waals surface area contributed by atoms with E-state index in [1.165, 1.54) is 25.7 Å². The van der Waals surface area contributed by atoms with Crippen molar-refractivity contribution in [3.63, 3.8) is 0 Å². The van der Waals surface area contributed by atoms with Crippen LogP contribution >= 0.6 is 31.9 Å². The van der Waals surface area contributed by atoms with E-state index in [1.54, 1.807) is 13.2 Å². The number of hydrogen-bond acceptors (Lipinski definition) is 2. The Kier molecular flexibility index (Phi) is 5.90. The van der Waals surface area contributed by atoms with Gasteiger partial charge in [0.1, 0.15) is 5.75 Å². The van der Waals surface area contributed by atoms with Crippen molar-refractivity contribution in [3.05, 3.63) is 28.2 Å². The minimum absolute atomic E-state index is 0.0447. The molecule has 1 aromatic rings. The van der Waals surface area contributed by atoms with E-state index in [9.17, 15) is 4.79 Å². The van der Waals surface area contributed by atoms with Crippen LogP contribution in [-0.4, -0.2) is 24.4 Å². The number of methoxy groups -OCH3 is 1. The topological polar surface area (TPSA) is 38.3 Å². The van der Waals surface area contributed by atoms with Gasteiger partial charge in [-0.2, -0.15) is 0 Å². The Balaban J connectivity index is 1.91. The maximum Gasteiger partial charge on any atom is 0.252 e. The third-order valence-electron chi connectivity index (χ3n) is 3.75. The van der Waals surface area contributed by atoms with Gasteiger partial charge in [-0.3, -0.25) is 4.79 Å². The van der Waals surface area contributed by atoms with E-state index < -0.39 is 0 Å². The molecular formula is C15H19Br2NO2. The van der Waals surface area contributed by atoms with Gasteiger partial charge in [0.2, 0.25) is 0 Å². The summed E-state index contributed by atoms with van der Waals surface area (Å²) in [5.41, 5.74) is 0.624. The monoisotopic (exact) mass is 403 g/mol. The van der Waals surface area contributed by atoms with E-state index in [0.29, 0.717) is 22.1 Å². The van der Waals surface area contributed by atoms with E-state index in [4.69, 9.17) is 4.74 Å². The molecule has 1 saturated carbocycles. The first-order valence-corrected chi connectivity index (χ1v) is 8.57. The van der Waals surface area contributed by atoms with Crippen molar-refractivity contribution in [1.29, 1.82) is 0 Å². The second-order valence-electron chi connectivity index (χ2n) is 5.17. The molecule has 1 aromatic carbocycles. The predicted molar refractivity (Wildman–Crippen MR) is 87.7 cm³/mol. The summed E-state index contributed by atoms with van der Waals surface area (Å²) in [6, 6.07) is 5.43. The normalized spacial score (nSPS) is 22.4. The molecule has 0 saturated heterocycles. The summed E-state index contributed by atoms with van der Waals surface area (Å²) < 4.78 is 5.95. The van der Waals surface area contributed by atoms with Crippen molar-refractivity contribution < 1.29 is 9.53 Å². The highest BCUT2D eigenvalue weighted by molar-refractivity contribution is 9.10. The van der Waals surface area contributed by atoms with Crippen molar-refractivity contribution >= 4 is 37.8 Å². The third-order valence-corrected chi connectivity index (χ3v) is 5.35. The highest BCUT2D eigenvalue weighted by Gasteiger charge is 2.20. The molecule has 0 spiro atoms. The summed E-state index contributed by atoms with van der Waals surface area (Å²) in [6.07, 6.45) is 4.75. The van der Waals surface area contributed by atoms with Crippen molar-refractivity contribution in [2.75, 3.05) is 13.7 Å². The van der Waals surface area contributed by atoms with Gasteiger partial charge in [0.15, 0.2) is 0 Å². The van der Waals surface area contributed by atoms with Crippen molar-refractivity contribution in [3.8, 4) is 5.75 Å². The van der Waals surface area contributed by atoms with Crippen molar-refractivity contribution in [1.82, 2.24) is 5.32 Å². The second-order valence-corrected chi connectivity index (χ2v) is 7.32. The Hall–Kier alpha value is -0.550. The summed E-state index contributed by atoms with van der Waals surface area (Å²) in [7, 11) is 1.60. The SMILES string of the molecule is COc1ccc(Br)c(C(=O)NCC2CCC(Br)CC2)c1. The zero-order valence-corrected chi connectivity index (χ0v) is 14.7. The number of nitrogens with one attached hydrogen (secondary N) is 1. The Morgan fingerprint density at radius 3 is 2.70 bits per heavy atom. The molecule has 0 atom stereocenters. The van der Waals surface area contributed by atoms with Gasteiger partial charge >= 0.3 is 0 Å². The third kappa shape index (κ3) is 4.22. The summed E-state index contributed by atoms with van der Waals surface area (Å²) in [5.74, 6) is 1.24. The average Bonchev–Trinajstić information content (AvgIpc) is 2.47. The van der Waals surface area contributed by atoms with E-state index in [1.807, 2.05) is 12.1 Å². The van der Waals surface area contributed by atoms with Gasteiger partial charge in [-0.25, -0.2) is 0 Å². The zero-order valence-electron chi connectivity index (χ0n) is 11.5. The van der Waals surface area contributed by atoms with Crippen LogP contribution in [0.4, 0.5) is 0 Å². The molecule has 1 aliphatic rings. The molecule has 0 heterocycles. The Morgan fingerprint density at radius 2 is 2.05 bits per heavy atom. The van der Waals surface area contributed by atoms with E-state index in [2.05, 4.69) is 37.2 Å². The number of ether oxygens (including phenoxy) is 1. The Labute approximate surface area is 136 Å². The lowest BCUT2D eigenvalue weighted by Gasteiger charge is -2.25. The number of rotatable bonds is 4. The maximum atomic E-state index is 12.2. The lowest BCUT2D eigenvalue weighted by molar-refractivity contribution is 0.0942. The quantitative estimate of drug-likeness (QED) is 0.765. The maximum absolute atomic E-state index is 12.2. The Bertz CT molecular complexity index is 471. The first-order valence-electron chi connectivity index (χ1n) is 6.86. The molecule has 1 aliphatic carbocycles. The van der Waals surface area contributed by atoms with Gasteiger partial charge < -0.3 is 10.1 Å². The molecule has 5 heteroatoms. The number of alkyl halides is 1. The fourth-order valence-corrected chi connectivity index (χ4v) is 3.42. The van der Waals surface area contributed by atoms with Crippen LogP contribution in [0.2, 0.25) is 0 Å². The smallest absolute Gasteiger partial charge is 0.252 e. The number of halogens is 2. The molecule has 0 bridgehead atoms. The van der Waals surface area contributed by atoms with Crippen LogP contribution in [0.5, 0.6) is 5.75 Å². The molecule has 0 unspecified atom stereocenters. The highest BCUT2D eigenvalue weighted by Crippen LogP contribution is 2.28. The predicted octanol–water partition coefficient (Wildman–Crippen LogP) is 4.14. The molecule has 2 rings (SSSR count). The summed E-state index contributed by atoms with van der Waals surface area (Å²) in [6.45, 7) is 0.752. The second kappa shape index (κ2) is 7.46. The van der Waals surface area contributed by atoms with E-state index in [0.717, 1.165) is 11.0 Å². The van der Waals surface area contributed by atoms with Gasteiger partial charge in [-0.15, -0.1) is 0 Å². The number of hydrogen-bond donors (Lipinski definition) is 1. The van der Waals surface area contributed by atoms with Crippen LogP contribution in [0.25, 0.3) is 0 Å². The fourth-order valence-electron chi connectivity index (χ4n) is 2.46. The van der Waals surface area contributed by atoms with Crippen molar-refractivity contribution in [2.24, 2.45) is 5.92 Å². The molecule has 1 N–H and O–H groups in total. The van der Waals surface area contributed by atoms with Gasteiger partial charge in [-0.05, 0) is 65.7 Å². The largest absolute Gasteiger partial charge is 0.497 e. The van der Waals surface area contributed by atoms with Crippen LogP contribution in [0, 0.1) is 5.92 Å². The van der Waals surface area contributed by atoms with E-state index >= 15 is 0 Å². The minimum Gasteiger partial charge on any atom is -0.497 e. The van der Waals surface area contributed by atoms with Crippen LogP contribution in [0.15, 0.2) is 22.7 Å². The van der Waals surface area contributed by atoms with Gasteiger partial charge in [0, 0.05) is 15.8 Å². The van der Waals surface area contributed by atoms with E-state index in [-0.39, 0.29) is 5.91 Å². The summed E-state index contributed by atoms with van der Waals surface area (Å²) in [4.78, 5) is 12.9. The molecule has 1 amide bonds. The van der Waals surface area contributed by atoms with Crippen molar-refractivity contribution in [2.45, 2.75) is 30.5 Å². The van der Waals surface area contributed by atoms with Crippen LogP contribution < -0.4 is 10.1 Å². The van der Waals surface area contributed by atoms with Crippen LogP contribution in [-0.2, 0) is 0 Å². The standard InChI is InChI=1S/C15H19Br2NO2/c1-20-12-6-7-14(17)13(8-12)15(19)18-9-10-2-4-11(16)5-3-10/h6-8,10-11H,2-5,9H2,1H3,(H,18,19). The summed E-state index contributed by atoms with van der Waals surface area (Å²) >= 11 is 7.06. The lowest BCUT2D eigenvalue weighted by atomic mass is 9.89. The molecule has 20 heavy (non-hydrogen) atoms. The molecule has 110 valence electrons. The molecule has 0 radical (unpaired) electrons. The van der Waals surface area contributed by atoms with Gasteiger partial charge in [0.25, 0.3) is 5.91 Å². The van der Waals surface area contributed by atoms with Crippen LogP contribution in [0.1, 0.15) is 36.0 Å². The first kappa shape index (κ1) is 15.8. The highest BCUT2D eigenvalue weighted by atomic mass is 79.9. The molecule has 3 nitrogen and oxygen atoms in total. The first-order chi connectivity index (χ1) is 9.60.